The lowest BCUT2D eigenvalue weighted by Crippen LogP contribution is -2.42. The van der Waals surface area contributed by atoms with Gasteiger partial charge in [0.05, 0.1) is 6.20 Å². The Bertz CT molecular complexity index is 688. The predicted molar refractivity (Wildman–Crippen MR) is 80.4 cm³/mol. The van der Waals surface area contributed by atoms with E-state index in [4.69, 9.17) is 9.52 Å². The summed E-state index contributed by atoms with van der Waals surface area (Å²) in [5.41, 5.74) is 0.837. The number of aliphatic carboxylic acids is 1. The van der Waals surface area contributed by atoms with Gasteiger partial charge in [-0.2, -0.15) is 0 Å². The minimum atomic E-state index is -2.81. The standard InChI is InChI=1S/C16H16F2N2O4/c17-13(18)8-11(16(22)23)20-14(21)6-7-15-19-9-12(24-15)10-4-2-1-3-5-10/h1-5,9,11,13H,6-8H2,(H,20,21)(H,22,23). The third-order valence-electron chi connectivity index (χ3n) is 3.22. The minimum Gasteiger partial charge on any atom is -0.480 e. The SMILES string of the molecule is O=C(CCc1ncc(-c2ccccc2)o1)NC(CC(F)F)C(=O)O. The van der Waals surface area contributed by atoms with Crippen LogP contribution in [0.5, 0.6) is 0 Å². The Morgan fingerprint density at radius 2 is 1.96 bits per heavy atom. The fourth-order valence-corrected chi connectivity index (χ4v) is 2.05. The van der Waals surface area contributed by atoms with Crippen LogP contribution < -0.4 is 5.32 Å². The number of hydrogen-bond acceptors (Lipinski definition) is 4. The molecule has 0 aliphatic rings. The maximum absolute atomic E-state index is 12.3. The van der Waals surface area contributed by atoms with Crippen molar-refractivity contribution < 1.29 is 27.9 Å². The van der Waals surface area contributed by atoms with Crippen LogP contribution in [-0.4, -0.2) is 34.4 Å². The first-order valence-corrected chi connectivity index (χ1v) is 7.26. The Hall–Kier alpha value is -2.77. The Balaban J connectivity index is 1.88. The molecule has 0 fully saturated rings. The van der Waals surface area contributed by atoms with E-state index in [0.29, 0.717) is 11.7 Å². The van der Waals surface area contributed by atoms with Gasteiger partial charge >= 0.3 is 5.97 Å². The number of aromatic nitrogens is 1. The highest BCUT2D eigenvalue weighted by molar-refractivity contribution is 5.83. The van der Waals surface area contributed by atoms with Crippen molar-refractivity contribution in [3.8, 4) is 11.3 Å². The number of nitrogens with zero attached hydrogens (tertiary/aromatic N) is 1. The number of aryl methyl sites for hydroxylation is 1. The lowest BCUT2D eigenvalue weighted by atomic mass is 10.2. The van der Waals surface area contributed by atoms with Crippen molar-refractivity contribution in [1.29, 1.82) is 0 Å². The van der Waals surface area contributed by atoms with Crippen molar-refractivity contribution in [2.24, 2.45) is 0 Å². The first kappa shape index (κ1) is 17.6. The van der Waals surface area contributed by atoms with E-state index in [9.17, 15) is 18.4 Å². The van der Waals surface area contributed by atoms with Gasteiger partial charge in [-0.3, -0.25) is 4.79 Å². The van der Waals surface area contributed by atoms with Crippen LogP contribution in [-0.2, 0) is 16.0 Å². The monoisotopic (exact) mass is 338 g/mol. The van der Waals surface area contributed by atoms with E-state index in [0.717, 1.165) is 5.56 Å². The zero-order valence-corrected chi connectivity index (χ0v) is 12.6. The fraction of sp³-hybridized carbons (Fsp3) is 0.312. The summed E-state index contributed by atoms with van der Waals surface area (Å²) in [5, 5.41) is 10.9. The molecule has 0 saturated heterocycles. The minimum absolute atomic E-state index is 0.109. The summed E-state index contributed by atoms with van der Waals surface area (Å²) < 4.78 is 30.1. The molecule has 6 nitrogen and oxygen atoms in total. The van der Waals surface area contributed by atoms with Crippen LogP contribution in [0.4, 0.5) is 8.78 Å². The Labute approximate surface area is 136 Å². The smallest absolute Gasteiger partial charge is 0.326 e. The van der Waals surface area contributed by atoms with E-state index in [1.54, 1.807) is 0 Å². The number of rotatable bonds is 8. The van der Waals surface area contributed by atoms with Crippen LogP contribution >= 0.6 is 0 Å². The van der Waals surface area contributed by atoms with Gasteiger partial charge < -0.3 is 14.8 Å². The molecule has 1 heterocycles. The van der Waals surface area contributed by atoms with Gasteiger partial charge in [-0.15, -0.1) is 0 Å². The fourth-order valence-electron chi connectivity index (χ4n) is 2.05. The maximum atomic E-state index is 12.3. The molecule has 1 aromatic carbocycles. The van der Waals surface area contributed by atoms with Gasteiger partial charge in [0.2, 0.25) is 12.3 Å². The zero-order chi connectivity index (χ0) is 17.5. The quantitative estimate of drug-likeness (QED) is 0.771. The Morgan fingerprint density at radius 1 is 1.25 bits per heavy atom. The van der Waals surface area contributed by atoms with Gasteiger partial charge in [0.15, 0.2) is 11.7 Å². The number of oxazole rings is 1. The van der Waals surface area contributed by atoms with E-state index in [1.165, 1.54) is 6.20 Å². The van der Waals surface area contributed by atoms with Crippen molar-refractivity contribution in [3.63, 3.8) is 0 Å². The molecule has 0 saturated carbocycles. The molecule has 0 aliphatic carbocycles. The number of benzene rings is 1. The molecule has 2 rings (SSSR count). The van der Waals surface area contributed by atoms with Crippen LogP contribution in [0.15, 0.2) is 40.9 Å². The van der Waals surface area contributed by atoms with E-state index in [-0.39, 0.29) is 12.8 Å². The number of nitrogens with one attached hydrogen (secondary N) is 1. The predicted octanol–water partition coefficient (Wildman–Crippen LogP) is 2.50. The lowest BCUT2D eigenvalue weighted by Gasteiger charge is -2.13. The van der Waals surface area contributed by atoms with E-state index in [2.05, 4.69) is 10.3 Å². The number of alkyl halides is 2. The van der Waals surface area contributed by atoms with Crippen LogP contribution in [0.3, 0.4) is 0 Å². The van der Waals surface area contributed by atoms with Crippen molar-refractivity contribution >= 4 is 11.9 Å². The number of halogens is 2. The Morgan fingerprint density at radius 3 is 2.58 bits per heavy atom. The van der Waals surface area contributed by atoms with Gasteiger partial charge in [0, 0.05) is 24.8 Å². The van der Waals surface area contributed by atoms with Gasteiger partial charge in [-0.25, -0.2) is 18.6 Å². The summed E-state index contributed by atoms with van der Waals surface area (Å²) in [5.74, 6) is -1.29. The topological polar surface area (TPSA) is 92.4 Å². The van der Waals surface area contributed by atoms with Crippen molar-refractivity contribution in [2.45, 2.75) is 31.7 Å². The molecule has 1 amide bonds. The average Bonchev–Trinajstić information content (AvgIpc) is 3.01. The molecular formula is C16H16F2N2O4. The molecule has 8 heteroatoms. The molecule has 0 bridgehead atoms. The second kappa shape index (κ2) is 8.19. The second-order valence-electron chi connectivity index (χ2n) is 5.07. The molecule has 1 atom stereocenters. The molecule has 2 N–H and O–H groups in total. The normalized spacial score (nSPS) is 12.1. The van der Waals surface area contributed by atoms with Crippen LogP contribution in [0.25, 0.3) is 11.3 Å². The van der Waals surface area contributed by atoms with Crippen LogP contribution in [0.2, 0.25) is 0 Å². The van der Waals surface area contributed by atoms with Crippen molar-refractivity contribution in [1.82, 2.24) is 10.3 Å². The van der Waals surface area contributed by atoms with E-state index < -0.39 is 30.8 Å². The molecule has 24 heavy (non-hydrogen) atoms. The van der Waals surface area contributed by atoms with Crippen molar-refractivity contribution in [2.75, 3.05) is 0 Å². The van der Waals surface area contributed by atoms with Crippen molar-refractivity contribution in [3.05, 3.63) is 42.4 Å². The maximum Gasteiger partial charge on any atom is 0.326 e. The molecule has 128 valence electrons. The Kier molecular flexibility index (Phi) is 6.00. The molecule has 0 aliphatic heterocycles. The number of carboxylic acid groups (broad SMARTS) is 1. The summed E-state index contributed by atoms with van der Waals surface area (Å²) >= 11 is 0. The number of amides is 1. The average molecular weight is 338 g/mol. The summed E-state index contributed by atoms with van der Waals surface area (Å²) in [6, 6.07) is 7.64. The molecule has 0 spiro atoms. The first-order chi connectivity index (χ1) is 11.5. The summed E-state index contributed by atoms with van der Waals surface area (Å²) in [6.45, 7) is 0. The van der Waals surface area contributed by atoms with Crippen LogP contribution in [0.1, 0.15) is 18.7 Å². The molecule has 1 unspecified atom stereocenters. The molecule has 2 aromatic rings. The molecule has 1 aromatic heterocycles. The summed E-state index contributed by atoms with van der Waals surface area (Å²) in [4.78, 5) is 26.6. The summed E-state index contributed by atoms with van der Waals surface area (Å²) in [6.07, 6.45) is -2.19. The summed E-state index contributed by atoms with van der Waals surface area (Å²) in [7, 11) is 0. The number of carbonyl (C=O) groups excluding carboxylic acids is 1. The van der Waals surface area contributed by atoms with Gasteiger partial charge in [0.25, 0.3) is 0 Å². The molecular weight excluding hydrogens is 322 g/mol. The van der Waals surface area contributed by atoms with Gasteiger partial charge in [-0.1, -0.05) is 30.3 Å². The molecule has 0 radical (unpaired) electrons. The third-order valence-corrected chi connectivity index (χ3v) is 3.22. The number of carboxylic acids is 1. The van der Waals surface area contributed by atoms with Crippen LogP contribution in [0, 0.1) is 0 Å². The lowest BCUT2D eigenvalue weighted by molar-refractivity contribution is -0.143. The zero-order valence-electron chi connectivity index (χ0n) is 12.6. The number of carbonyl (C=O) groups is 2. The largest absolute Gasteiger partial charge is 0.480 e. The second-order valence-corrected chi connectivity index (χ2v) is 5.07. The van der Waals surface area contributed by atoms with Gasteiger partial charge in [-0.05, 0) is 0 Å². The highest BCUT2D eigenvalue weighted by atomic mass is 19.3. The third kappa shape index (κ3) is 5.15. The first-order valence-electron chi connectivity index (χ1n) is 7.26. The highest BCUT2D eigenvalue weighted by Crippen LogP contribution is 2.20. The number of hydrogen-bond donors (Lipinski definition) is 2. The van der Waals surface area contributed by atoms with E-state index in [1.807, 2.05) is 30.3 Å². The van der Waals surface area contributed by atoms with E-state index >= 15 is 0 Å². The van der Waals surface area contributed by atoms with Gasteiger partial charge in [0.1, 0.15) is 6.04 Å². The highest BCUT2D eigenvalue weighted by Gasteiger charge is 2.24.